The van der Waals surface area contributed by atoms with E-state index in [1.807, 2.05) is 12.1 Å². The summed E-state index contributed by atoms with van der Waals surface area (Å²) in [6.07, 6.45) is -0.597. The maximum atomic E-state index is 13.5. The van der Waals surface area contributed by atoms with Gasteiger partial charge in [-0.25, -0.2) is 13.2 Å². The highest BCUT2D eigenvalue weighted by atomic mass is 32.2. The molecule has 0 saturated carbocycles. The Hall–Kier alpha value is -3.85. The van der Waals surface area contributed by atoms with Crippen LogP contribution >= 0.6 is 0 Å². The van der Waals surface area contributed by atoms with E-state index in [4.69, 9.17) is 9.47 Å². The SMILES string of the molecule is COc1ccc(S(=O)(=O)N2CCc3ccccc32)cc1C(=O)O[C@@H](C(=O)N(C)C)c1ccccc1. The summed E-state index contributed by atoms with van der Waals surface area (Å²) in [6.45, 7) is 0.306. The van der Waals surface area contributed by atoms with Gasteiger partial charge in [-0.05, 0) is 36.2 Å². The molecule has 0 saturated heterocycles. The summed E-state index contributed by atoms with van der Waals surface area (Å²) in [7, 11) is 0.550. The van der Waals surface area contributed by atoms with Crippen LogP contribution in [0.2, 0.25) is 0 Å². The van der Waals surface area contributed by atoms with Crippen LogP contribution in [0.15, 0.2) is 77.7 Å². The summed E-state index contributed by atoms with van der Waals surface area (Å²) in [5.74, 6) is -1.16. The number of fused-ring (bicyclic) bond motifs is 1. The van der Waals surface area contributed by atoms with E-state index in [1.54, 1.807) is 56.6 Å². The number of nitrogens with zero attached hydrogens (tertiary/aromatic N) is 2. The van der Waals surface area contributed by atoms with Gasteiger partial charge >= 0.3 is 5.97 Å². The van der Waals surface area contributed by atoms with E-state index < -0.39 is 28.0 Å². The standard InChI is InChI=1S/C26H26N2O6S/c1-27(2)25(29)24(19-10-5-4-6-11-19)34-26(30)21-17-20(13-14-23(21)33-3)35(31,32)28-16-15-18-9-7-8-12-22(18)28/h4-14,17,24H,15-16H2,1-3H3/t24-/m1/s1. The van der Waals surface area contributed by atoms with Gasteiger partial charge in [0.2, 0.25) is 6.10 Å². The summed E-state index contributed by atoms with van der Waals surface area (Å²) < 4.78 is 39.2. The molecule has 1 aliphatic heterocycles. The van der Waals surface area contributed by atoms with Crippen LogP contribution in [0.5, 0.6) is 5.75 Å². The number of methoxy groups -OCH3 is 1. The van der Waals surface area contributed by atoms with Gasteiger partial charge in [0.25, 0.3) is 15.9 Å². The molecule has 0 aliphatic carbocycles. The van der Waals surface area contributed by atoms with E-state index in [-0.39, 0.29) is 16.2 Å². The molecule has 4 rings (SSSR count). The monoisotopic (exact) mass is 494 g/mol. The minimum absolute atomic E-state index is 0.0721. The van der Waals surface area contributed by atoms with Gasteiger partial charge in [0, 0.05) is 26.2 Å². The fourth-order valence-corrected chi connectivity index (χ4v) is 5.52. The highest BCUT2D eigenvalue weighted by Crippen LogP contribution is 2.34. The molecule has 3 aromatic rings. The number of carbonyl (C=O) groups is 2. The van der Waals surface area contributed by atoms with Crippen LogP contribution in [0.3, 0.4) is 0 Å². The fraction of sp³-hybridized carbons (Fsp3) is 0.231. The Morgan fingerprint density at radius 1 is 0.971 bits per heavy atom. The normalized spacial score (nSPS) is 13.6. The smallest absolute Gasteiger partial charge is 0.343 e. The molecule has 0 N–H and O–H groups in total. The molecule has 1 atom stereocenters. The molecule has 1 aliphatic rings. The molecule has 35 heavy (non-hydrogen) atoms. The lowest BCUT2D eigenvalue weighted by atomic mass is 10.1. The first-order chi connectivity index (χ1) is 16.7. The Bertz CT molecular complexity index is 1360. The Balaban J connectivity index is 1.70. The van der Waals surface area contributed by atoms with Crippen LogP contribution in [0.4, 0.5) is 5.69 Å². The number of hydrogen-bond donors (Lipinski definition) is 0. The number of amides is 1. The zero-order chi connectivity index (χ0) is 25.2. The fourth-order valence-electron chi connectivity index (χ4n) is 3.99. The van der Waals surface area contributed by atoms with Crippen molar-refractivity contribution in [1.29, 1.82) is 0 Å². The largest absolute Gasteiger partial charge is 0.496 e. The summed E-state index contributed by atoms with van der Waals surface area (Å²) in [5, 5.41) is 0. The zero-order valence-corrected chi connectivity index (χ0v) is 20.5. The number of likely N-dealkylation sites (N-methyl/N-ethyl adjacent to an activating group) is 1. The molecule has 1 heterocycles. The lowest BCUT2D eigenvalue weighted by molar-refractivity contribution is -0.138. The van der Waals surface area contributed by atoms with Crippen LogP contribution in [0.25, 0.3) is 0 Å². The second-order valence-corrected chi connectivity index (χ2v) is 10.1. The zero-order valence-electron chi connectivity index (χ0n) is 19.7. The lowest BCUT2D eigenvalue weighted by Gasteiger charge is -2.22. The van der Waals surface area contributed by atoms with Crippen LogP contribution in [0.1, 0.15) is 27.6 Å². The van der Waals surface area contributed by atoms with E-state index in [1.165, 1.54) is 34.5 Å². The molecule has 9 heteroatoms. The van der Waals surface area contributed by atoms with Crippen LogP contribution in [-0.4, -0.2) is 52.9 Å². The van der Waals surface area contributed by atoms with Crippen molar-refractivity contribution in [3.63, 3.8) is 0 Å². The van der Waals surface area contributed by atoms with Gasteiger partial charge in [-0.1, -0.05) is 48.5 Å². The van der Waals surface area contributed by atoms with Crippen LogP contribution in [-0.2, 0) is 26.0 Å². The molecular formula is C26H26N2O6S. The minimum Gasteiger partial charge on any atom is -0.496 e. The third-order valence-electron chi connectivity index (χ3n) is 5.82. The number of carbonyl (C=O) groups excluding carboxylic acids is 2. The Labute approximate surface area is 204 Å². The first kappa shape index (κ1) is 24.3. The first-order valence-electron chi connectivity index (χ1n) is 11.0. The predicted octanol–water partition coefficient (Wildman–Crippen LogP) is 3.43. The molecule has 0 bridgehead atoms. The molecule has 0 fully saturated rings. The Morgan fingerprint density at radius 2 is 1.66 bits per heavy atom. The summed E-state index contributed by atoms with van der Waals surface area (Å²) >= 11 is 0. The number of anilines is 1. The number of hydrogen-bond acceptors (Lipinski definition) is 6. The van der Waals surface area contributed by atoms with E-state index in [2.05, 4.69) is 0 Å². The minimum atomic E-state index is -3.95. The van der Waals surface area contributed by atoms with Crippen molar-refractivity contribution in [2.24, 2.45) is 0 Å². The first-order valence-corrected chi connectivity index (χ1v) is 12.4. The van der Waals surface area contributed by atoms with Crippen molar-refractivity contribution in [2.45, 2.75) is 17.4 Å². The van der Waals surface area contributed by atoms with Crippen molar-refractivity contribution in [3.05, 3.63) is 89.5 Å². The molecule has 8 nitrogen and oxygen atoms in total. The maximum Gasteiger partial charge on any atom is 0.343 e. The van der Waals surface area contributed by atoms with Gasteiger partial charge in [-0.15, -0.1) is 0 Å². The highest BCUT2D eigenvalue weighted by Gasteiger charge is 2.33. The topological polar surface area (TPSA) is 93.2 Å². The van der Waals surface area contributed by atoms with E-state index in [0.29, 0.717) is 24.2 Å². The predicted molar refractivity (Wildman–Crippen MR) is 131 cm³/mol. The quantitative estimate of drug-likeness (QED) is 0.467. The van der Waals surface area contributed by atoms with Gasteiger partial charge in [0.15, 0.2) is 0 Å². The third kappa shape index (κ3) is 4.72. The molecule has 182 valence electrons. The lowest BCUT2D eigenvalue weighted by Crippen LogP contribution is -2.31. The van der Waals surface area contributed by atoms with Gasteiger partial charge < -0.3 is 14.4 Å². The second kappa shape index (κ2) is 9.79. The molecule has 0 unspecified atom stereocenters. The summed E-state index contributed by atoms with van der Waals surface area (Å²) in [6, 6.07) is 20.0. The van der Waals surface area contributed by atoms with E-state index >= 15 is 0 Å². The highest BCUT2D eigenvalue weighted by molar-refractivity contribution is 7.92. The van der Waals surface area contributed by atoms with Crippen LogP contribution < -0.4 is 9.04 Å². The summed E-state index contributed by atoms with van der Waals surface area (Å²) in [4.78, 5) is 27.3. The van der Waals surface area contributed by atoms with E-state index in [9.17, 15) is 18.0 Å². The van der Waals surface area contributed by atoms with Crippen molar-refractivity contribution in [3.8, 4) is 5.75 Å². The maximum absolute atomic E-state index is 13.5. The molecular weight excluding hydrogens is 468 g/mol. The summed E-state index contributed by atoms with van der Waals surface area (Å²) in [5.41, 5.74) is 1.97. The number of esters is 1. The number of ether oxygens (including phenoxy) is 2. The number of benzene rings is 3. The molecule has 0 spiro atoms. The van der Waals surface area contributed by atoms with Crippen molar-refractivity contribution in [2.75, 3.05) is 32.1 Å². The second-order valence-electron chi connectivity index (χ2n) is 8.25. The third-order valence-corrected chi connectivity index (χ3v) is 7.62. The van der Waals surface area contributed by atoms with Gasteiger partial charge in [0.1, 0.15) is 11.3 Å². The Kier molecular flexibility index (Phi) is 6.79. The average Bonchev–Trinajstić information content (AvgIpc) is 3.32. The average molecular weight is 495 g/mol. The Morgan fingerprint density at radius 3 is 2.34 bits per heavy atom. The van der Waals surface area contributed by atoms with Gasteiger partial charge in [-0.3, -0.25) is 9.10 Å². The number of rotatable bonds is 7. The number of sulfonamides is 1. The van der Waals surface area contributed by atoms with Crippen molar-refractivity contribution < 1.29 is 27.5 Å². The van der Waals surface area contributed by atoms with Gasteiger partial charge in [0.05, 0.1) is 17.7 Å². The molecule has 0 aromatic heterocycles. The van der Waals surface area contributed by atoms with Crippen molar-refractivity contribution in [1.82, 2.24) is 4.90 Å². The number of para-hydroxylation sites is 1. The van der Waals surface area contributed by atoms with Crippen LogP contribution in [0, 0.1) is 0 Å². The van der Waals surface area contributed by atoms with Gasteiger partial charge in [-0.2, -0.15) is 0 Å². The van der Waals surface area contributed by atoms with E-state index in [0.717, 1.165) is 5.56 Å². The van der Waals surface area contributed by atoms with Crippen molar-refractivity contribution >= 4 is 27.6 Å². The molecule has 0 radical (unpaired) electrons. The molecule has 1 amide bonds. The molecule has 3 aromatic carbocycles.